The highest BCUT2D eigenvalue weighted by molar-refractivity contribution is 7.21. The van der Waals surface area contributed by atoms with Crippen molar-refractivity contribution in [3.63, 3.8) is 0 Å². The number of carbonyl (C=O) groups is 1. The van der Waals surface area contributed by atoms with Gasteiger partial charge in [-0.05, 0) is 30.3 Å². The van der Waals surface area contributed by atoms with Gasteiger partial charge in [-0.3, -0.25) is 4.79 Å². The molecule has 130 valence electrons. The minimum absolute atomic E-state index is 0.172. The fraction of sp³-hybridized carbons (Fsp3) is 0.0500. The van der Waals surface area contributed by atoms with E-state index in [-0.39, 0.29) is 11.7 Å². The molecule has 2 N–H and O–H groups in total. The number of thiophene rings is 1. The molecule has 0 aliphatic heterocycles. The van der Waals surface area contributed by atoms with Crippen LogP contribution in [0.4, 0.5) is 5.69 Å². The van der Waals surface area contributed by atoms with Crippen LogP contribution in [0.1, 0.15) is 9.67 Å². The standard InChI is InChI=1S/C20H14ClNO3S/c1-25-11-8-9-17-14(10-11)18(21)19(26-17)20(24)22-15-6-2-5-13-12(15)4-3-7-16(13)23/h2-10,23H,1H3,(H,22,24). The second kappa shape index (κ2) is 6.52. The molecular weight excluding hydrogens is 370 g/mol. The molecule has 1 aromatic heterocycles. The summed E-state index contributed by atoms with van der Waals surface area (Å²) in [6.07, 6.45) is 0. The van der Waals surface area contributed by atoms with Crippen LogP contribution >= 0.6 is 22.9 Å². The number of methoxy groups -OCH3 is 1. The predicted octanol–water partition coefficient (Wildman–Crippen LogP) is 5.67. The number of phenolic OH excluding ortho intramolecular Hbond substituents is 1. The quantitative estimate of drug-likeness (QED) is 0.479. The molecule has 0 saturated carbocycles. The smallest absolute Gasteiger partial charge is 0.267 e. The van der Waals surface area contributed by atoms with Gasteiger partial charge in [0.25, 0.3) is 5.91 Å². The van der Waals surface area contributed by atoms with E-state index in [0.29, 0.717) is 26.7 Å². The van der Waals surface area contributed by atoms with Gasteiger partial charge < -0.3 is 15.2 Å². The zero-order valence-electron chi connectivity index (χ0n) is 13.7. The molecule has 0 unspecified atom stereocenters. The summed E-state index contributed by atoms with van der Waals surface area (Å²) < 4.78 is 6.14. The first-order valence-electron chi connectivity index (χ1n) is 7.86. The number of hydrogen-bond acceptors (Lipinski definition) is 4. The van der Waals surface area contributed by atoms with E-state index in [0.717, 1.165) is 15.5 Å². The number of ether oxygens (including phenoxy) is 1. The first kappa shape index (κ1) is 16.7. The Morgan fingerprint density at radius 1 is 1.08 bits per heavy atom. The van der Waals surface area contributed by atoms with Crippen molar-refractivity contribution in [1.82, 2.24) is 0 Å². The van der Waals surface area contributed by atoms with Crippen LogP contribution in [0.3, 0.4) is 0 Å². The number of carbonyl (C=O) groups excluding carboxylic acids is 1. The number of anilines is 1. The van der Waals surface area contributed by atoms with E-state index in [1.165, 1.54) is 11.3 Å². The lowest BCUT2D eigenvalue weighted by Gasteiger charge is -2.09. The zero-order chi connectivity index (χ0) is 18.3. The molecule has 3 aromatic carbocycles. The van der Waals surface area contributed by atoms with E-state index >= 15 is 0 Å². The molecule has 1 amide bonds. The number of rotatable bonds is 3. The van der Waals surface area contributed by atoms with Crippen LogP contribution in [0.5, 0.6) is 11.5 Å². The summed E-state index contributed by atoms with van der Waals surface area (Å²) in [7, 11) is 1.59. The second-order valence-electron chi connectivity index (χ2n) is 5.74. The molecular formula is C20H14ClNO3S. The summed E-state index contributed by atoms with van der Waals surface area (Å²) in [5.74, 6) is 0.574. The number of fused-ring (bicyclic) bond motifs is 2. The summed E-state index contributed by atoms with van der Waals surface area (Å²) in [5.41, 5.74) is 0.620. The van der Waals surface area contributed by atoms with Crippen molar-refractivity contribution in [3.8, 4) is 11.5 Å². The highest BCUT2D eigenvalue weighted by Gasteiger charge is 2.18. The van der Waals surface area contributed by atoms with Gasteiger partial charge in [0.15, 0.2) is 0 Å². The van der Waals surface area contributed by atoms with Crippen LogP contribution in [0.25, 0.3) is 20.9 Å². The predicted molar refractivity (Wildman–Crippen MR) is 107 cm³/mol. The number of nitrogens with one attached hydrogen (secondary N) is 1. The van der Waals surface area contributed by atoms with Gasteiger partial charge in [-0.1, -0.05) is 35.9 Å². The number of amides is 1. The molecule has 4 rings (SSSR count). The van der Waals surface area contributed by atoms with E-state index in [2.05, 4.69) is 5.32 Å². The summed E-state index contributed by atoms with van der Waals surface area (Å²) in [4.78, 5) is 13.2. The minimum Gasteiger partial charge on any atom is -0.507 e. The molecule has 0 bridgehead atoms. The normalized spacial score (nSPS) is 11.0. The van der Waals surface area contributed by atoms with Gasteiger partial charge in [-0.2, -0.15) is 0 Å². The summed E-state index contributed by atoms with van der Waals surface area (Å²) >= 11 is 7.77. The maximum absolute atomic E-state index is 12.8. The number of halogens is 1. The first-order valence-corrected chi connectivity index (χ1v) is 9.06. The molecule has 4 aromatic rings. The molecule has 26 heavy (non-hydrogen) atoms. The monoisotopic (exact) mass is 383 g/mol. The molecule has 4 nitrogen and oxygen atoms in total. The van der Waals surface area contributed by atoms with E-state index in [9.17, 15) is 9.90 Å². The van der Waals surface area contributed by atoms with E-state index in [1.807, 2.05) is 24.3 Å². The van der Waals surface area contributed by atoms with Crippen LogP contribution in [-0.4, -0.2) is 18.1 Å². The van der Waals surface area contributed by atoms with Crippen molar-refractivity contribution in [1.29, 1.82) is 0 Å². The van der Waals surface area contributed by atoms with Gasteiger partial charge in [0.2, 0.25) is 0 Å². The van der Waals surface area contributed by atoms with E-state index < -0.39 is 0 Å². The van der Waals surface area contributed by atoms with Crippen molar-refractivity contribution in [2.75, 3.05) is 12.4 Å². The largest absolute Gasteiger partial charge is 0.507 e. The van der Waals surface area contributed by atoms with Gasteiger partial charge in [0.1, 0.15) is 16.4 Å². The highest BCUT2D eigenvalue weighted by Crippen LogP contribution is 2.38. The SMILES string of the molecule is COc1ccc2sc(C(=O)Nc3cccc4c(O)cccc34)c(Cl)c2c1. The zero-order valence-corrected chi connectivity index (χ0v) is 15.3. The Kier molecular flexibility index (Phi) is 4.18. The van der Waals surface area contributed by atoms with Gasteiger partial charge in [0.05, 0.1) is 12.1 Å². The summed E-state index contributed by atoms with van der Waals surface area (Å²) in [6.45, 7) is 0. The minimum atomic E-state index is -0.286. The highest BCUT2D eigenvalue weighted by atomic mass is 35.5. The lowest BCUT2D eigenvalue weighted by atomic mass is 10.1. The Balaban J connectivity index is 1.74. The molecule has 6 heteroatoms. The first-order chi connectivity index (χ1) is 12.6. The molecule has 0 spiro atoms. The van der Waals surface area contributed by atoms with Gasteiger partial charge in [0, 0.05) is 26.5 Å². The Morgan fingerprint density at radius 3 is 2.65 bits per heavy atom. The number of hydrogen-bond donors (Lipinski definition) is 2. The fourth-order valence-corrected chi connectivity index (χ4v) is 4.29. The fourth-order valence-electron chi connectivity index (χ4n) is 2.90. The van der Waals surface area contributed by atoms with Crippen molar-refractivity contribution in [2.45, 2.75) is 0 Å². The average Bonchev–Trinajstić information content (AvgIpc) is 2.99. The maximum atomic E-state index is 12.8. The molecule has 0 saturated heterocycles. The third-order valence-corrected chi connectivity index (χ3v) is 5.86. The number of benzene rings is 3. The lowest BCUT2D eigenvalue weighted by molar-refractivity contribution is 0.103. The third kappa shape index (κ3) is 2.75. The van der Waals surface area contributed by atoms with E-state index in [4.69, 9.17) is 16.3 Å². The molecule has 0 aliphatic carbocycles. The molecule has 0 atom stereocenters. The van der Waals surface area contributed by atoms with Gasteiger partial charge in [-0.25, -0.2) is 0 Å². The third-order valence-electron chi connectivity index (χ3n) is 4.19. The van der Waals surface area contributed by atoms with Gasteiger partial charge in [-0.15, -0.1) is 11.3 Å². The average molecular weight is 384 g/mol. The summed E-state index contributed by atoms with van der Waals surface area (Å²) in [5, 5.41) is 15.5. The Morgan fingerprint density at radius 2 is 1.85 bits per heavy atom. The maximum Gasteiger partial charge on any atom is 0.267 e. The lowest BCUT2D eigenvalue weighted by Crippen LogP contribution is -2.10. The van der Waals surface area contributed by atoms with E-state index in [1.54, 1.807) is 37.4 Å². The molecule has 0 fully saturated rings. The topological polar surface area (TPSA) is 58.6 Å². The molecule has 1 heterocycles. The van der Waals surface area contributed by atoms with Crippen molar-refractivity contribution >= 4 is 55.4 Å². The van der Waals surface area contributed by atoms with Crippen molar-refractivity contribution in [3.05, 3.63) is 64.5 Å². The van der Waals surface area contributed by atoms with Gasteiger partial charge >= 0.3 is 0 Å². The Bertz CT molecular complexity index is 1150. The van der Waals surface area contributed by atoms with Crippen LogP contribution in [-0.2, 0) is 0 Å². The Labute approximate surface area is 158 Å². The number of aromatic hydroxyl groups is 1. The molecule has 0 aliphatic rings. The number of phenols is 1. The van der Waals surface area contributed by atoms with Crippen LogP contribution in [0, 0.1) is 0 Å². The van der Waals surface area contributed by atoms with Crippen LogP contribution in [0.15, 0.2) is 54.6 Å². The molecule has 0 radical (unpaired) electrons. The van der Waals surface area contributed by atoms with Crippen LogP contribution in [0.2, 0.25) is 5.02 Å². The van der Waals surface area contributed by atoms with Crippen molar-refractivity contribution < 1.29 is 14.6 Å². The summed E-state index contributed by atoms with van der Waals surface area (Å²) in [6, 6.07) is 16.1. The second-order valence-corrected chi connectivity index (χ2v) is 7.17. The van der Waals surface area contributed by atoms with Crippen LogP contribution < -0.4 is 10.1 Å². The Hall–Kier alpha value is -2.76. The van der Waals surface area contributed by atoms with Crippen molar-refractivity contribution in [2.24, 2.45) is 0 Å².